The summed E-state index contributed by atoms with van der Waals surface area (Å²) in [4.78, 5) is 15.3. The number of hydrogen-bond acceptors (Lipinski definition) is 5. The minimum Gasteiger partial charge on any atom is -0.497 e. The summed E-state index contributed by atoms with van der Waals surface area (Å²) in [5, 5.41) is 4.83. The molecule has 1 aliphatic rings. The molecular formula is C24H23N3O2S2. The first-order chi connectivity index (χ1) is 15.1. The molecule has 158 valence electrons. The average molecular weight is 450 g/mol. The third-order valence-corrected chi connectivity index (χ3v) is 6.38. The summed E-state index contributed by atoms with van der Waals surface area (Å²) in [6.07, 6.45) is 5.79. The molecule has 0 radical (unpaired) electrons. The van der Waals surface area contributed by atoms with Gasteiger partial charge in [-0.1, -0.05) is 67.7 Å². The number of carbonyl (C=O) groups excluding carboxylic acids is 1. The fourth-order valence-corrected chi connectivity index (χ4v) is 4.65. The van der Waals surface area contributed by atoms with E-state index in [0.717, 1.165) is 41.1 Å². The first-order valence-electron chi connectivity index (χ1n) is 10.2. The molecule has 2 aromatic carbocycles. The number of methoxy groups -OCH3 is 1. The Morgan fingerprint density at radius 2 is 1.97 bits per heavy atom. The largest absolute Gasteiger partial charge is 0.497 e. The molecule has 1 fully saturated rings. The highest BCUT2D eigenvalue weighted by atomic mass is 32.2. The highest BCUT2D eigenvalue weighted by Crippen LogP contribution is 2.35. The lowest BCUT2D eigenvalue weighted by Gasteiger charge is -2.12. The van der Waals surface area contributed by atoms with Crippen molar-refractivity contribution in [3.05, 3.63) is 71.3 Å². The second-order valence-electron chi connectivity index (χ2n) is 7.13. The van der Waals surface area contributed by atoms with E-state index in [1.54, 1.807) is 12.0 Å². The van der Waals surface area contributed by atoms with E-state index < -0.39 is 0 Å². The van der Waals surface area contributed by atoms with Crippen LogP contribution in [0.1, 0.15) is 25.3 Å². The lowest BCUT2D eigenvalue weighted by molar-refractivity contribution is -0.122. The fourth-order valence-electron chi connectivity index (χ4n) is 3.35. The number of aromatic nitrogens is 2. The second-order valence-corrected chi connectivity index (χ2v) is 8.81. The molecule has 0 atom stereocenters. The van der Waals surface area contributed by atoms with Crippen molar-refractivity contribution < 1.29 is 9.53 Å². The SMILES string of the molecule is CCCCN1C(=O)C(=Cc2cn(-c3ccccc3)nc2-c2cccc(OC)c2)SC1=S. The summed E-state index contributed by atoms with van der Waals surface area (Å²) in [5.74, 6) is 0.719. The number of carbonyl (C=O) groups is 1. The number of nitrogens with zero attached hydrogens (tertiary/aromatic N) is 3. The van der Waals surface area contributed by atoms with Gasteiger partial charge in [-0.3, -0.25) is 9.69 Å². The van der Waals surface area contributed by atoms with Crippen LogP contribution in [0.3, 0.4) is 0 Å². The van der Waals surface area contributed by atoms with Crippen molar-refractivity contribution in [1.29, 1.82) is 0 Å². The third-order valence-electron chi connectivity index (χ3n) is 5.00. The summed E-state index contributed by atoms with van der Waals surface area (Å²) in [7, 11) is 1.64. The lowest BCUT2D eigenvalue weighted by Crippen LogP contribution is -2.28. The molecule has 1 aliphatic heterocycles. The Labute approximate surface area is 191 Å². The number of benzene rings is 2. The van der Waals surface area contributed by atoms with E-state index in [1.165, 1.54) is 11.8 Å². The second kappa shape index (κ2) is 9.49. The Balaban J connectivity index is 1.77. The van der Waals surface area contributed by atoms with Gasteiger partial charge in [0, 0.05) is 23.9 Å². The molecule has 4 rings (SSSR count). The van der Waals surface area contributed by atoms with Crippen LogP contribution < -0.4 is 4.74 Å². The number of para-hydroxylation sites is 1. The number of thiocarbonyl (C=S) groups is 1. The molecule has 1 aromatic heterocycles. The number of rotatable bonds is 7. The monoisotopic (exact) mass is 449 g/mol. The Morgan fingerprint density at radius 3 is 2.71 bits per heavy atom. The molecule has 1 amide bonds. The van der Waals surface area contributed by atoms with Crippen LogP contribution in [0.2, 0.25) is 0 Å². The Hall–Kier alpha value is -2.90. The van der Waals surface area contributed by atoms with Gasteiger partial charge in [-0.15, -0.1) is 0 Å². The Morgan fingerprint density at radius 1 is 1.16 bits per heavy atom. The van der Waals surface area contributed by atoms with E-state index in [2.05, 4.69) is 6.92 Å². The quantitative estimate of drug-likeness (QED) is 0.350. The van der Waals surface area contributed by atoms with Crippen LogP contribution in [0.5, 0.6) is 5.75 Å². The van der Waals surface area contributed by atoms with Crippen LogP contribution in [-0.2, 0) is 4.79 Å². The molecule has 0 spiro atoms. The molecule has 5 nitrogen and oxygen atoms in total. The maximum absolute atomic E-state index is 13.0. The van der Waals surface area contributed by atoms with Gasteiger partial charge in [-0.05, 0) is 36.8 Å². The number of ether oxygens (including phenoxy) is 1. The van der Waals surface area contributed by atoms with Crippen molar-refractivity contribution in [2.24, 2.45) is 0 Å². The molecule has 3 aromatic rings. The van der Waals surface area contributed by atoms with Crippen LogP contribution >= 0.6 is 24.0 Å². The van der Waals surface area contributed by atoms with Gasteiger partial charge < -0.3 is 4.74 Å². The number of thioether (sulfide) groups is 1. The zero-order chi connectivity index (χ0) is 21.8. The minimum atomic E-state index is -0.0347. The summed E-state index contributed by atoms with van der Waals surface area (Å²) < 4.78 is 7.84. The van der Waals surface area contributed by atoms with Crippen molar-refractivity contribution in [2.75, 3.05) is 13.7 Å². The van der Waals surface area contributed by atoms with Crippen LogP contribution in [0, 0.1) is 0 Å². The zero-order valence-corrected chi connectivity index (χ0v) is 19.1. The maximum Gasteiger partial charge on any atom is 0.266 e. The minimum absolute atomic E-state index is 0.0347. The van der Waals surface area contributed by atoms with E-state index in [9.17, 15) is 4.79 Å². The number of hydrogen-bond donors (Lipinski definition) is 0. The van der Waals surface area contributed by atoms with Crippen molar-refractivity contribution >= 4 is 40.3 Å². The van der Waals surface area contributed by atoms with Crippen LogP contribution in [-0.4, -0.2) is 38.6 Å². The van der Waals surface area contributed by atoms with Crippen molar-refractivity contribution in [2.45, 2.75) is 19.8 Å². The van der Waals surface area contributed by atoms with Crippen LogP contribution in [0.25, 0.3) is 23.0 Å². The topological polar surface area (TPSA) is 47.4 Å². The molecule has 1 saturated heterocycles. The molecule has 0 saturated carbocycles. The molecule has 2 heterocycles. The summed E-state index contributed by atoms with van der Waals surface area (Å²) >= 11 is 6.81. The highest BCUT2D eigenvalue weighted by molar-refractivity contribution is 8.26. The molecule has 31 heavy (non-hydrogen) atoms. The normalized spacial score (nSPS) is 15.2. The predicted octanol–water partition coefficient (Wildman–Crippen LogP) is 5.55. The van der Waals surface area contributed by atoms with E-state index in [1.807, 2.05) is 71.6 Å². The van der Waals surface area contributed by atoms with Crippen molar-refractivity contribution in [3.63, 3.8) is 0 Å². The van der Waals surface area contributed by atoms with Crippen LogP contribution in [0.15, 0.2) is 65.7 Å². The molecule has 7 heteroatoms. The average Bonchev–Trinajstić information content (AvgIpc) is 3.34. The lowest BCUT2D eigenvalue weighted by atomic mass is 10.1. The highest BCUT2D eigenvalue weighted by Gasteiger charge is 2.31. The van der Waals surface area contributed by atoms with Gasteiger partial charge >= 0.3 is 0 Å². The summed E-state index contributed by atoms with van der Waals surface area (Å²) in [6, 6.07) is 17.7. The molecule has 0 N–H and O–H groups in total. The molecule has 0 unspecified atom stereocenters. The van der Waals surface area contributed by atoms with Gasteiger partial charge in [0.15, 0.2) is 0 Å². The van der Waals surface area contributed by atoms with Gasteiger partial charge in [0.2, 0.25) is 0 Å². The van der Waals surface area contributed by atoms with E-state index in [0.29, 0.717) is 15.8 Å². The van der Waals surface area contributed by atoms with Gasteiger partial charge in [0.25, 0.3) is 5.91 Å². The van der Waals surface area contributed by atoms with Gasteiger partial charge in [-0.25, -0.2) is 4.68 Å². The smallest absolute Gasteiger partial charge is 0.266 e. The zero-order valence-electron chi connectivity index (χ0n) is 17.4. The van der Waals surface area contributed by atoms with Gasteiger partial charge in [0.1, 0.15) is 15.8 Å². The Kier molecular flexibility index (Phi) is 6.53. The standard InChI is InChI=1S/C24H23N3O2S2/c1-3-4-13-26-23(28)21(31-24(26)30)15-18-16-27(19-10-6-5-7-11-19)25-22(18)17-9-8-12-20(14-17)29-2/h5-12,14-16H,3-4,13H2,1-2H3. The summed E-state index contributed by atoms with van der Waals surface area (Å²) in [5.41, 5.74) is 3.50. The van der Waals surface area contributed by atoms with Gasteiger partial charge in [-0.2, -0.15) is 5.10 Å². The molecule has 0 aliphatic carbocycles. The molecule has 0 bridgehead atoms. The molecular weight excluding hydrogens is 426 g/mol. The number of unbranched alkanes of at least 4 members (excludes halogenated alkanes) is 1. The van der Waals surface area contributed by atoms with Crippen molar-refractivity contribution in [3.8, 4) is 22.7 Å². The third kappa shape index (κ3) is 4.57. The first kappa shape index (κ1) is 21.3. The van der Waals surface area contributed by atoms with E-state index in [-0.39, 0.29) is 5.91 Å². The first-order valence-corrected chi connectivity index (χ1v) is 11.4. The predicted molar refractivity (Wildman–Crippen MR) is 130 cm³/mol. The fraction of sp³-hybridized carbons (Fsp3) is 0.208. The van der Waals surface area contributed by atoms with Crippen LogP contribution in [0.4, 0.5) is 0 Å². The summed E-state index contributed by atoms with van der Waals surface area (Å²) in [6.45, 7) is 2.76. The Bertz CT molecular complexity index is 1140. The van der Waals surface area contributed by atoms with E-state index >= 15 is 0 Å². The van der Waals surface area contributed by atoms with Gasteiger partial charge in [0.05, 0.1) is 17.7 Å². The number of amides is 1. The van der Waals surface area contributed by atoms with E-state index in [4.69, 9.17) is 22.1 Å². The maximum atomic E-state index is 13.0. The van der Waals surface area contributed by atoms with Crippen molar-refractivity contribution in [1.82, 2.24) is 14.7 Å².